The third-order valence-electron chi connectivity index (χ3n) is 4.63. The molecule has 0 aliphatic carbocycles. The minimum atomic E-state index is -0.399. The highest BCUT2D eigenvalue weighted by atomic mass is 35.5. The Morgan fingerprint density at radius 3 is 2.93 bits per heavy atom. The lowest BCUT2D eigenvalue weighted by atomic mass is 10.1. The van der Waals surface area contributed by atoms with Crippen molar-refractivity contribution in [3.63, 3.8) is 0 Å². The van der Waals surface area contributed by atoms with E-state index in [2.05, 4.69) is 5.32 Å². The molecule has 2 heterocycles. The first-order valence-corrected chi connectivity index (χ1v) is 9.34. The minimum absolute atomic E-state index is 0.0887. The number of amides is 2. The van der Waals surface area contributed by atoms with Gasteiger partial charge in [0, 0.05) is 29.7 Å². The lowest BCUT2D eigenvalue weighted by Gasteiger charge is -2.17. The van der Waals surface area contributed by atoms with Crippen LogP contribution in [0.2, 0.25) is 5.02 Å². The van der Waals surface area contributed by atoms with Crippen LogP contribution in [0.15, 0.2) is 42.5 Å². The summed E-state index contributed by atoms with van der Waals surface area (Å²) in [5.41, 5.74) is 0.703. The van der Waals surface area contributed by atoms with Gasteiger partial charge in [0.05, 0.1) is 12.5 Å². The molecular weight excluding hydrogens is 384 g/mol. The molecule has 1 N–H and O–H groups in total. The van der Waals surface area contributed by atoms with E-state index >= 15 is 0 Å². The Morgan fingerprint density at radius 2 is 2.07 bits per heavy atom. The number of hydrogen-bond acceptors (Lipinski definition) is 5. The van der Waals surface area contributed by atoms with Crippen LogP contribution in [0.1, 0.15) is 6.42 Å². The highest BCUT2D eigenvalue weighted by Crippen LogP contribution is 2.37. The molecule has 146 valence electrons. The lowest BCUT2D eigenvalue weighted by Crippen LogP contribution is -2.35. The molecule has 8 heteroatoms. The number of hydrogen-bond donors (Lipinski definition) is 1. The monoisotopic (exact) mass is 402 g/mol. The van der Waals surface area contributed by atoms with Gasteiger partial charge in [-0.2, -0.15) is 0 Å². The Kier molecular flexibility index (Phi) is 5.25. The minimum Gasteiger partial charge on any atom is -0.492 e. The van der Waals surface area contributed by atoms with Gasteiger partial charge in [0.25, 0.3) is 0 Å². The molecule has 1 atom stereocenters. The van der Waals surface area contributed by atoms with Crippen LogP contribution < -0.4 is 24.4 Å². The summed E-state index contributed by atoms with van der Waals surface area (Å²) < 4.78 is 16.2. The van der Waals surface area contributed by atoms with Gasteiger partial charge in [0.15, 0.2) is 11.5 Å². The largest absolute Gasteiger partial charge is 0.492 e. The Labute approximate surface area is 167 Å². The summed E-state index contributed by atoms with van der Waals surface area (Å²) in [7, 11) is 0. The van der Waals surface area contributed by atoms with Crippen LogP contribution >= 0.6 is 11.6 Å². The number of halogens is 1. The number of benzene rings is 2. The lowest BCUT2D eigenvalue weighted by molar-refractivity contribution is -0.126. The molecule has 4 rings (SSSR count). The molecule has 0 spiro atoms. The van der Waals surface area contributed by atoms with Crippen molar-refractivity contribution in [2.45, 2.75) is 6.42 Å². The quantitative estimate of drug-likeness (QED) is 0.751. The molecule has 0 aromatic heterocycles. The van der Waals surface area contributed by atoms with Gasteiger partial charge in [-0.05, 0) is 30.3 Å². The van der Waals surface area contributed by atoms with Crippen LogP contribution in [0.25, 0.3) is 0 Å². The fourth-order valence-electron chi connectivity index (χ4n) is 3.23. The number of fused-ring (bicyclic) bond motifs is 1. The second-order valence-electron chi connectivity index (χ2n) is 6.54. The predicted octanol–water partition coefficient (Wildman–Crippen LogP) is 2.62. The number of rotatable bonds is 6. The molecule has 7 nitrogen and oxygen atoms in total. The Bertz CT molecular complexity index is 904. The maximum absolute atomic E-state index is 12.4. The molecule has 28 heavy (non-hydrogen) atoms. The average Bonchev–Trinajstić information content (AvgIpc) is 3.31. The zero-order valence-corrected chi connectivity index (χ0v) is 15.8. The number of nitrogens with zero attached hydrogens (tertiary/aromatic N) is 1. The molecule has 2 aliphatic rings. The summed E-state index contributed by atoms with van der Waals surface area (Å²) in [5, 5.41) is 3.42. The second-order valence-corrected chi connectivity index (χ2v) is 6.98. The van der Waals surface area contributed by atoms with Crippen LogP contribution in [0, 0.1) is 5.92 Å². The fraction of sp³-hybridized carbons (Fsp3) is 0.300. The van der Waals surface area contributed by atoms with Gasteiger partial charge < -0.3 is 24.4 Å². The normalized spacial score (nSPS) is 17.7. The standard InChI is InChI=1S/C20H19ClN2O5/c21-14-2-1-3-16(9-14)26-7-6-22-20(25)13-8-19(24)23(11-13)15-4-5-17-18(10-15)28-12-27-17/h1-5,9-10,13H,6-8,11-12H2,(H,22,25)/t13-/m1/s1. The van der Waals surface area contributed by atoms with Crippen molar-refractivity contribution < 1.29 is 23.8 Å². The molecular formula is C20H19ClN2O5. The van der Waals surface area contributed by atoms with E-state index in [-0.39, 0.29) is 25.0 Å². The van der Waals surface area contributed by atoms with Gasteiger partial charge in [0.2, 0.25) is 18.6 Å². The Hall–Kier alpha value is -2.93. The van der Waals surface area contributed by atoms with E-state index in [0.29, 0.717) is 47.7 Å². The molecule has 2 aromatic carbocycles. The first-order valence-electron chi connectivity index (χ1n) is 8.96. The van der Waals surface area contributed by atoms with Crippen molar-refractivity contribution in [1.29, 1.82) is 0 Å². The van der Waals surface area contributed by atoms with Crippen molar-refractivity contribution in [3.05, 3.63) is 47.5 Å². The highest BCUT2D eigenvalue weighted by Gasteiger charge is 2.35. The molecule has 0 radical (unpaired) electrons. The van der Waals surface area contributed by atoms with Crippen LogP contribution in [0.3, 0.4) is 0 Å². The van der Waals surface area contributed by atoms with E-state index < -0.39 is 5.92 Å². The molecule has 1 fully saturated rings. The van der Waals surface area contributed by atoms with E-state index in [1.807, 2.05) is 0 Å². The van der Waals surface area contributed by atoms with Crippen LogP contribution in [0.5, 0.6) is 17.2 Å². The number of ether oxygens (including phenoxy) is 3. The summed E-state index contributed by atoms with van der Waals surface area (Å²) in [6.45, 7) is 1.17. The topological polar surface area (TPSA) is 77.1 Å². The van der Waals surface area contributed by atoms with Gasteiger partial charge in [-0.1, -0.05) is 17.7 Å². The molecule has 0 unspecified atom stereocenters. The van der Waals surface area contributed by atoms with E-state index in [0.717, 1.165) is 0 Å². The smallest absolute Gasteiger partial charge is 0.231 e. The van der Waals surface area contributed by atoms with Crippen molar-refractivity contribution in [2.75, 3.05) is 31.4 Å². The first-order chi connectivity index (χ1) is 13.6. The van der Waals surface area contributed by atoms with Crippen LogP contribution in [-0.4, -0.2) is 38.3 Å². The molecule has 1 saturated heterocycles. The third kappa shape index (κ3) is 3.99. The molecule has 2 aliphatic heterocycles. The Morgan fingerprint density at radius 1 is 1.21 bits per heavy atom. The first kappa shape index (κ1) is 18.4. The SMILES string of the molecule is O=C(NCCOc1cccc(Cl)c1)[C@@H]1CC(=O)N(c2ccc3c(c2)OCO3)C1. The number of carbonyl (C=O) groups is 2. The predicted molar refractivity (Wildman–Crippen MR) is 103 cm³/mol. The second kappa shape index (κ2) is 7.98. The summed E-state index contributed by atoms with van der Waals surface area (Å²) in [4.78, 5) is 26.4. The van der Waals surface area contributed by atoms with Crippen molar-refractivity contribution in [2.24, 2.45) is 5.92 Å². The molecule has 2 amide bonds. The third-order valence-corrected chi connectivity index (χ3v) is 4.86. The van der Waals surface area contributed by atoms with Crippen LogP contribution in [0.4, 0.5) is 5.69 Å². The van der Waals surface area contributed by atoms with Crippen LogP contribution in [-0.2, 0) is 9.59 Å². The number of anilines is 1. The molecule has 2 aromatic rings. The van der Waals surface area contributed by atoms with E-state index in [4.69, 9.17) is 25.8 Å². The zero-order chi connectivity index (χ0) is 19.5. The van der Waals surface area contributed by atoms with Gasteiger partial charge in [-0.3, -0.25) is 9.59 Å². The highest BCUT2D eigenvalue weighted by molar-refractivity contribution is 6.30. The van der Waals surface area contributed by atoms with Gasteiger partial charge >= 0.3 is 0 Å². The van der Waals surface area contributed by atoms with Gasteiger partial charge in [-0.15, -0.1) is 0 Å². The van der Waals surface area contributed by atoms with E-state index in [9.17, 15) is 9.59 Å². The summed E-state index contributed by atoms with van der Waals surface area (Å²) in [6.07, 6.45) is 0.176. The maximum Gasteiger partial charge on any atom is 0.231 e. The van der Waals surface area contributed by atoms with Crippen molar-refractivity contribution in [1.82, 2.24) is 5.32 Å². The average molecular weight is 403 g/mol. The summed E-state index contributed by atoms with van der Waals surface area (Å²) in [5.74, 6) is 1.26. The van der Waals surface area contributed by atoms with E-state index in [1.165, 1.54) is 0 Å². The fourth-order valence-corrected chi connectivity index (χ4v) is 3.41. The molecule has 0 bridgehead atoms. The van der Waals surface area contributed by atoms with Gasteiger partial charge in [0.1, 0.15) is 12.4 Å². The number of nitrogens with one attached hydrogen (secondary N) is 1. The van der Waals surface area contributed by atoms with E-state index in [1.54, 1.807) is 47.4 Å². The maximum atomic E-state index is 12.4. The summed E-state index contributed by atoms with van der Waals surface area (Å²) >= 11 is 5.90. The van der Waals surface area contributed by atoms with Crippen molar-refractivity contribution in [3.8, 4) is 17.2 Å². The zero-order valence-electron chi connectivity index (χ0n) is 15.0. The van der Waals surface area contributed by atoms with Gasteiger partial charge in [-0.25, -0.2) is 0 Å². The van der Waals surface area contributed by atoms with Crippen molar-refractivity contribution >= 4 is 29.1 Å². The number of carbonyl (C=O) groups excluding carboxylic acids is 2. The molecule has 0 saturated carbocycles. The Balaban J connectivity index is 1.28. The summed E-state index contributed by atoms with van der Waals surface area (Å²) in [6, 6.07) is 12.4.